The molecule has 0 saturated heterocycles. The van der Waals surface area contributed by atoms with Gasteiger partial charge in [0, 0.05) is 19.8 Å². The molecule has 1 heterocycles. The molecular formula is C15H22ClN3O. The molecule has 0 atom stereocenters. The molecule has 1 aromatic heterocycles. The largest absolute Gasteiger partial charge is 0.372 e. The number of pyridine rings is 1. The van der Waals surface area contributed by atoms with Crippen LogP contribution in [0.5, 0.6) is 0 Å². The van der Waals surface area contributed by atoms with Crippen molar-refractivity contribution in [2.75, 3.05) is 18.9 Å². The van der Waals surface area contributed by atoms with Crippen molar-refractivity contribution in [3.63, 3.8) is 0 Å². The standard InChI is InChI=1S/C15H22ClN3O/c1-17-14-13(16)9-12(10-19-14)15(20)18-8-4-7-11-5-2-3-6-11/h9-11H,2-8H2,1H3,(H,17,19)(H,18,20). The number of hydrogen-bond acceptors (Lipinski definition) is 3. The monoisotopic (exact) mass is 295 g/mol. The van der Waals surface area contributed by atoms with Gasteiger partial charge in [-0.1, -0.05) is 37.3 Å². The van der Waals surface area contributed by atoms with Gasteiger partial charge in [-0.3, -0.25) is 4.79 Å². The summed E-state index contributed by atoms with van der Waals surface area (Å²) < 4.78 is 0. The van der Waals surface area contributed by atoms with Crippen molar-refractivity contribution in [1.29, 1.82) is 0 Å². The summed E-state index contributed by atoms with van der Waals surface area (Å²) in [6, 6.07) is 1.65. The molecule has 1 aliphatic rings. The lowest BCUT2D eigenvalue weighted by atomic mass is 10.0. The van der Waals surface area contributed by atoms with Gasteiger partial charge in [0.1, 0.15) is 5.82 Å². The molecule has 0 spiro atoms. The fraction of sp³-hybridized carbons (Fsp3) is 0.600. The Morgan fingerprint density at radius 3 is 2.85 bits per heavy atom. The number of rotatable bonds is 6. The molecule has 2 N–H and O–H groups in total. The third-order valence-corrected chi connectivity index (χ3v) is 4.18. The fourth-order valence-electron chi connectivity index (χ4n) is 2.74. The highest BCUT2D eigenvalue weighted by Crippen LogP contribution is 2.28. The Hall–Kier alpha value is -1.29. The molecule has 0 aliphatic heterocycles. The minimum absolute atomic E-state index is 0.103. The molecule has 0 aromatic carbocycles. The van der Waals surface area contributed by atoms with Crippen LogP contribution < -0.4 is 10.6 Å². The van der Waals surface area contributed by atoms with Crippen LogP contribution in [0.3, 0.4) is 0 Å². The Morgan fingerprint density at radius 2 is 2.20 bits per heavy atom. The molecule has 4 nitrogen and oxygen atoms in total. The van der Waals surface area contributed by atoms with Crippen molar-refractivity contribution in [1.82, 2.24) is 10.3 Å². The molecule has 0 radical (unpaired) electrons. The highest BCUT2D eigenvalue weighted by atomic mass is 35.5. The number of amides is 1. The number of halogens is 1. The van der Waals surface area contributed by atoms with Gasteiger partial charge in [0.15, 0.2) is 0 Å². The van der Waals surface area contributed by atoms with Crippen LogP contribution in [0.15, 0.2) is 12.3 Å². The molecule has 5 heteroatoms. The Labute approximate surface area is 125 Å². The zero-order valence-electron chi connectivity index (χ0n) is 11.9. The van der Waals surface area contributed by atoms with E-state index < -0.39 is 0 Å². The van der Waals surface area contributed by atoms with Crippen LogP contribution in [0.4, 0.5) is 5.82 Å². The maximum absolute atomic E-state index is 12.0. The second-order valence-corrected chi connectivity index (χ2v) is 5.76. The first-order chi connectivity index (χ1) is 9.70. The summed E-state index contributed by atoms with van der Waals surface area (Å²) >= 11 is 6.02. The Morgan fingerprint density at radius 1 is 1.45 bits per heavy atom. The Bertz CT molecular complexity index is 458. The summed E-state index contributed by atoms with van der Waals surface area (Å²) in [6.45, 7) is 0.723. The first-order valence-electron chi connectivity index (χ1n) is 7.32. The summed E-state index contributed by atoms with van der Waals surface area (Å²) in [5, 5.41) is 6.26. The molecule has 0 bridgehead atoms. The van der Waals surface area contributed by atoms with Crippen molar-refractivity contribution in [3.8, 4) is 0 Å². The van der Waals surface area contributed by atoms with E-state index in [1.807, 2.05) is 0 Å². The SMILES string of the molecule is CNc1ncc(C(=O)NCCCC2CCCC2)cc1Cl. The number of anilines is 1. The van der Waals surface area contributed by atoms with Gasteiger partial charge in [-0.05, 0) is 24.8 Å². The second-order valence-electron chi connectivity index (χ2n) is 5.35. The molecule has 1 aromatic rings. The number of aromatic nitrogens is 1. The smallest absolute Gasteiger partial charge is 0.252 e. The molecular weight excluding hydrogens is 274 g/mol. The summed E-state index contributed by atoms with van der Waals surface area (Å²) in [7, 11) is 1.75. The second kappa shape index (κ2) is 7.48. The van der Waals surface area contributed by atoms with Gasteiger partial charge in [0.05, 0.1) is 10.6 Å². The summed E-state index contributed by atoms with van der Waals surface area (Å²) in [5.74, 6) is 1.36. The van der Waals surface area contributed by atoms with E-state index in [2.05, 4.69) is 15.6 Å². The van der Waals surface area contributed by atoms with E-state index in [9.17, 15) is 4.79 Å². The maximum Gasteiger partial charge on any atom is 0.252 e. The van der Waals surface area contributed by atoms with Crippen molar-refractivity contribution < 1.29 is 4.79 Å². The molecule has 2 rings (SSSR count). The number of carbonyl (C=O) groups excluding carboxylic acids is 1. The van der Waals surface area contributed by atoms with Crippen molar-refractivity contribution >= 4 is 23.3 Å². The molecule has 0 unspecified atom stereocenters. The van der Waals surface area contributed by atoms with Crippen molar-refractivity contribution in [3.05, 3.63) is 22.8 Å². The zero-order chi connectivity index (χ0) is 14.4. The van der Waals surface area contributed by atoms with Crippen LogP contribution in [0.1, 0.15) is 48.9 Å². The van der Waals surface area contributed by atoms with E-state index in [4.69, 9.17) is 11.6 Å². The van der Waals surface area contributed by atoms with Crippen LogP contribution in [0.25, 0.3) is 0 Å². The first-order valence-corrected chi connectivity index (χ1v) is 7.70. The van der Waals surface area contributed by atoms with Gasteiger partial charge in [-0.2, -0.15) is 0 Å². The summed E-state index contributed by atoms with van der Waals surface area (Å²) in [5.41, 5.74) is 0.509. The molecule has 1 saturated carbocycles. The van der Waals surface area contributed by atoms with E-state index >= 15 is 0 Å². The average Bonchev–Trinajstić information content (AvgIpc) is 2.96. The zero-order valence-corrected chi connectivity index (χ0v) is 12.7. The lowest BCUT2D eigenvalue weighted by Gasteiger charge is -2.10. The minimum Gasteiger partial charge on any atom is -0.372 e. The average molecular weight is 296 g/mol. The lowest BCUT2D eigenvalue weighted by molar-refractivity contribution is 0.0952. The number of carbonyl (C=O) groups is 1. The third kappa shape index (κ3) is 4.10. The molecule has 1 fully saturated rings. The molecule has 20 heavy (non-hydrogen) atoms. The van der Waals surface area contributed by atoms with Gasteiger partial charge in [-0.15, -0.1) is 0 Å². The minimum atomic E-state index is -0.103. The van der Waals surface area contributed by atoms with Gasteiger partial charge < -0.3 is 10.6 Å². The van der Waals surface area contributed by atoms with Crippen LogP contribution in [0.2, 0.25) is 5.02 Å². The normalized spacial score (nSPS) is 15.3. The van der Waals surface area contributed by atoms with Gasteiger partial charge in [0.2, 0.25) is 0 Å². The number of nitrogens with one attached hydrogen (secondary N) is 2. The molecule has 110 valence electrons. The van der Waals surface area contributed by atoms with E-state index in [0.717, 1.165) is 18.9 Å². The number of hydrogen-bond donors (Lipinski definition) is 2. The predicted octanol–water partition coefficient (Wildman–Crippen LogP) is 3.48. The lowest BCUT2D eigenvalue weighted by Crippen LogP contribution is -2.25. The molecule has 1 aliphatic carbocycles. The van der Waals surface area contributed by atoms with Crippen LogP contribution in [-0.2, 0) is 0 Å². The quantitative estimate of drug-likeness (QED) is 0.790. The van der Waals surface area contributed by atoms with Gasteiger partial charge in [-0.25, -0.2) is 4.98 Å². The van der Waals surface area contributed by atoms with Crippen molar-refractivity contribution in [2.24, 2.45) is 5.92 Å². The van der Waals surface area contributed by atoms with E-state index in [1.165, 1.54) is 32.1 Å². The highest BCUT2D eigenvalue weighted by molar-refractivity contribution is 6.33. The van der Waals surface area contributed by atoms with E-state index in [1.54, 1.807) is 19.3 Å². The van der Waals surface area contributed by atoms with E-state index in [0.29, 0.717) is 16.4 Å². The maximum atomic E-state index is 12.0. The first kappa shape index (κ1) is 15.1. The third-order valence-electron chi connectivity index (χ3n) is 3.89. The van der Waals surface area contributed by atoms with Crippen LogP contribution >= 0.6 is 11.6 Å². The van der Waals surface area contributed by atoms with Crippen molar-refractivity contribution in [2.45, 2.75) is 38.5 Å². The van der Waals surface area contributed by atoms with Gasteiger partial charge >= 0.3 is 0 Å². The van der Waals surface area contributed by atoms with Crippen LogP contribution in [-0.4, -0.2) is 24.5 Å². The topological polar surface area (TPSA) is 54.0 Å². The van der Waals surface area contributed by atoms with Crippen LogP contribution in [0, 0.1) is 5.92 Å². The Balaban J connectivity index is 1.75. The predicted molar refractivity (Wildman–Crippen MR) is 82.3 cm³/mol. The van der Waals surface area contributed by atoms with E-state index in [-0.39, 0.29) is 5.91 Å². The summed E-state index contributed by atoms with van der Waals surface area (Å²) in [6.07, 6.45) is 9.28. The highest BCUT2D eigenvalue weighted by Gasteiger charge is 2.14. The van der Waals surface area contributed by atoms with Gasteiger partial charge in [0.25, 0.3) is 5.91 Å². The molecule has 1 amide bonds. The fourth-order valence-corrected chi connectivity index (χ4v) is 3.00. The Kier molecular flexibility index (Phi) is 5.65. The summed E-state index contributed by atoms with van der Waals surface area (Å²) in [4.78, 5) is 16.1. The number of nitrogens with zero attached hydrogens (tertiary/aromatic N) is 1.